The standard InChI is InChI=1S/C16H20FN3O4/c1-10(20-8-6-11(7-9-20)15(22)23)14(21)19-16(24)18-13-5-3-2-4-12(13)17/h2-5,10-11H,6-9H2,1H3,(H,22,23)(H2,18,19,21,24). The van der Waals surface area contributed by atoms with Crippen molar-refractivity contribution in [3.63, 3.8) is 0 Å². The van der Waals surface area contributed by atoms with Gasteiger partial charge in [0, 0.05) is 0 Å². The number of nitrogens with zero attached hydrogens (tertiary/aromatic N) is 1. The molecule has 1 aliphatic heterocycles. The quantitative estimate of drug-likeness (QED) is 0.776. The van der Waals surface area contributed by atoms with Crippen LogP contribution in [0.4, 0.5) is 14.9 Å². The molecule has 1 atom stereocenters. The lowest BCUT2D eigenvalue weighted by Crippen LogP contribution is -2.50. The Balaban J connectivity index is 1.84. The minimum absolute atomic E-state index is 0.0160. The Hall–Kier alpha value is -2.48. The summed E-state index contributed by atoms with van der Waals surface area (Å²) < 4.78 is 13.5. The monoisotopic (exact) mass is 337 g/mol. The minimum atomic E-state index is -0.823. The second-order valence-electron chi connectivity index (χ2n) is 5.75. The van der Waals surface area contributed by atoms with Gasteiger partial charge in [0.05, 0.1) is 17.6 Å². The van der Waals surface area contributed by atoms with E-state index in [2.05, 4.69) is 10.6 Å². The Morgan fingerprint density at radius 2 is 1.88 bits per heavy atom. The van der Waals surface area contributed by atoms with Crippen LogP contribution >= 0.6 is 0 Å². The molecular weight excluding hydrogens is 317 g/mol. The molecule has 8 heteroatoms. The number of anilines is 1. The number of nitrogens with one attached hydrogen (secondary N) is 2. The average Bonchev–Trinajstić information content (AvgIpc) is 2.56. The number of aliphatic carboxylic acids is 1. The molecule has 0 bridgehead atoms. The first kappa shape index (κ1) is 17.9. The molecule has 1 unspecified atom stereocenters. The number of imide groups is 1. The highest BCUT2D eigenvalue weighted by Crippen LogP contribution is 2.19. The number of likely N-dealkylation sites (tertiary alicyclic amines) is 1. The van der Waals surface area contributed by atoms with E-state index in [0.29, 0.717) is 25.9 Å². The fraction of sp³-hybridized carbons (Fsp3) is 0.438. The van der Waals surface area contributed by atoms with Crippen LogP contribution in [0, 0.1) is 11.7 Å². The largest absolute Gasteiger partial charge is 0.481 e. The smallest absolute Gasteiger partial charge is 0.326 e. The van der Waals surface area contributed by atoms with Crippen LogP contribution in [0.5, 0.6) is 0 Å². The van der Waals surface area contributed by atoms with Gasteiger partial charge in [0.1, 0.15) is 5.82 Å². The second-order valence-corrected chi connectivity index (χ2v) is 5.75. The number of hydrogen-bond donors (Lipinski definition) is 3. The van der Waals surface area contributed by atoms with Gasteiger partial charge in [-0.3, -0.25) is 19.8 Å². The van der Waals surface area contributed by atoms with Gasteiger partial charge in [-0.1, -0.05) is 12.1 Å². The van der Waals surface area contributed by atoms with Crippen LogP contribution in [0.2, 0.25) is 0 Å². The summed E-state index contributed by atoms with van der Waals surface area (Å²) >= 11 is 0. The van der Waals surface area contributed by atoms with Crippen molar-refractivity contribution in [1.82, 2.24) is 10.2 Å². The van der Waals surface area contributed by atoms with Crippen molar-refractivity contribution >= 4 is 23.6 Å². The summed E-state index contributed by atoms with van der Waals surface area (Å²) in [5.41, 5.74) is -0.0160. The lowest BCUT2D eigenvalue weighted by Gasteiger charge is -2.33. The predicted molar refractivity (Wildman–Crippen MR) is 85.0 cm³/mol. The SMILES string of the molecule is CC(C(=O)NC(=O)Nc1ccccc1F)N1CCC(C(=O)O)CC1. The summed E-state index contributed by atoms with van der Waals surface area (Å²) in [5, 5.41) is 13.4. The molecule has 1 aromatic carbocycles. The van der Waals surface area contributed by atoms with E-state index >= 15 is 0 Å². The molecule has 7 nitrogen and oxygen atoms in total. The van der Waals surface area contributed by atoms with Crippen LogP contribution < -0.4 is 10.6 Å². The summed E-state index contributed by atoms with van der Waals surface area (Å²) in [5.74, 6) is -2.32. The maximum absolute atomic E-state index is 13.5. The van der Waals surface area contributed by atoms with E-state index in [1.807, 2.05) is 4.90 Å². The number of hydrogen-bond acceptors (Lipinski definition) is 4. The van der Waals surface area contributed by atoms with Crippen LogP contribution in [0.3, 0.4) is 0 Å². The number of carboxylic acid groups (broad SMARTS) is 1. The zero-order valence-corrected chi connectivity index (χ0v) is 13.3. The molecule has 130 valence electrons. The van der Waals surface area contributed by atoms with E-state index in [1.54, 1.807) is 13.0 Å². The highest BCUT2D eigenvalue weighted by molar-refractivity contribution is 6.02. The van der Waals surface area contributed by atoms with Crippen molar-refractivity contribution in [2.75, 3.05) is 18.4 Å². The Morgan fingerprint density at radius 1 is 1.25 bits per heavy atom. The Bertz CT molecular complexity index is 630. The summed E-state index contributed by atoms with van der Waals surface area (Å²) in [4.78, 5) is 36.7. The van der Waals surface area contributed by atoms with E-state index in [1.165, 1.54) is 18.2 Å². The van der Waals surface area contributed by atoms with Crippen LogP contribution in [-0.4, -0.2) is 47.0 Å². The molecule has 3 amide bonds. The van der Waals surface area contributed by atoms with Gasteiger partial charge in [0.25, 0.3) is 0 Å². The number of para-hydroxylation sites is 1. The predicted octanol–water partition coefficient (Wildman–Crippen LogP) is 1.66. The van der Waals surface area contributed by atoms with E-state index in [4.69, 9.17) is 5.11 Å². The average molecular weight is 337 g/mol. The molecule has 0 saturated carbocycles. The molecule has 3 N–H and O–H groups in total. The summed E-state index contributed by atoms with van der Waals surface area (Å²) in [6.07, 6.45) is 0.933. The third-order valence-corrected chi connectivity index (χ3v) is 4.16. The fourth-order valence-corrected chi connectivity index (χ4v) is 2.63. The maximum atomic E-state index is 13.5. The first-order valence-electron chi connectivity index (χ1n) is 7.71. The van der Waals surface area contributed by atoms with E-state index in [-0.39, 0.29) is 11.6 Å². The molecule has 0 aromatic heterocycles. The van der Waals surface area contributed by atoms with E-state index < -0.39 is 29.8 Å². The number of halogens is 1. The van der Waals surface area contributed by atoms with Crippen LogP contribution in [0.25, 0.3) is 0 Å². The number of carbonyl (C=O) groups excluding carboxylic acids is 2. The van der Waals surface area contributed by atoms with Crippen LogP contribution in [0.1, 0.15) is 19.8 Å². The lowest BCUT2D eigenvalue weighted by molar-refractivity contribution is -0.143. The minimum Gasteiger partial charge on any atom is -0.481 e. The number of carbonyl (C=O) groups is 3. The highest BCUT2D eigenvalue weighted by Gasteiger charge is 2.30. The molecule has 1 saturated heterocycles. The number of rotatable bonds is 4. The molecule has 0 aliphatic carbocycles. The third kappa shape index (κ3) is 4.51. The topological polar surface area (TPSA) is 98.7 Å². The fourth-order valence-electron chi connectivity index (χ4n) is 2.63. The Labute approximate surface area is 138 Å². The van der Waals surface area contributed by atoms with Gasteiger partial charge in [-0.05, 0) is 45.0 Å². The first-order chi connectivity index (χ1) is 11.4. The van der Waals surface area contributed by atoms with Gasteiger partial charge in [0.15, 0.2) is 0 Å². The molecule has 24 heavy (non-hydrogen) atoms. The summed E-state index contributed by atoms with van der Waals surface area (Å²) in [6, 6.07) is 4.26. The molecule has 1 heterocycles. The second kappa shape index (κ2) is 7.87. The number of piperidine rings is 1. The summed E-state index contributed by atoms with van der Waals surface area (Å²) in [6.45, 7) is 2.59. The van der Waals surface area contributed by atoms with Gasteiger partial charge in [0.2, 0.25) is 5.91 Å². The molecule has 0 spiro atoms. The number of carboxylic acids is 1. The van der Waals surface area contributed by atoms with Crippen molar-refractivity contribution in [3.8, 4) is 0 Å². The molecule has 1 fully saturated rings. The normalized spacial score (nSPS) is 17.1. The lowest BCUT2D eigenvalue weighted by atomic mass is 9.96. The zero-order chi connectivity index (χ0) is 17.7. The van der Waals surface area contributed by atoms with Crippen LogP contribution in [0.15, 0.2) is 24.3 Å². The van der Waals surface area contributed by atoms with E-state index in [9.17, 15) is 18.8 Å². The molecule has 1 aliphatic rings. The first-order valence-corrected chi connectivity index (χ1v) is 7.71. The van der Waals surface area contributed by atoms with Gasteiger partial charge < -0.3 is 10.4 Å². The number of benzene rings is 1. The van der Waals surface area contributed by atoms with Crippen molar-refractivity contribution in [1.29, 1.82) is 0 Å². The van der Waals surface area contributed by atoms with Gasteiger partial charge >= 0.3 is 12.0 Å². The molecule has 0 radical (unpaired) electrons. The van der Waals surface area contributed by atoms with Gasteiger partial charge in [-0.2, -0.15) is 0 Å². The van der Waals surface area contributed by atoms with E-state index in [0.717, 1.165) is 0 Å². The highest BCUT2D eigenvalue weighted by atomic mass is 19.1. The molecule has 1 aromatic rings. The number of amides is 3. The van der Waals surface area contributed by atoms with Crippen LogP contribution in [-0.2, 0) is 9.59 Å². The van der Waals surface area contributed by atoms with Crippen molar-refractivity contribution < 1.29 is 23.9 Å². The molecule has 2 rings (SSSR count). The third-order valence-electron chi connectivity index (χ3n) is 4.16. The number of urea groups is 1. The van der Waals surface area contributed by atoms with Crippen molar-refractivity contribution in [2.24, 2.45) is 5.92 Å². The van der Waals surface area contributed by atoms with Crippen molar-refractivity contribution in [2.45, 2.75) is 25.8 Å². The Morgan fingerprint density at radius 3 is 2.46 bits per heavy atom. The van der Waals surface area contributed by atoms with Crippen molar-refractivity contribution in [3.05, 3.63) is 30.1 Å². The Kier molecular flexibility index (Phi) is 5.86. The van der Waals surface area contributed by atoms with Gasteiger partial charge in [-0.15, -0.1) is 0 Å². The zero-order valence-electron chi connectivity index (χ0n) is 13.3. The van der Waals surface area contributed by atoms with Gasteiger partial charge in [-0.25, -0.2) is 9.18 Å². The summed E-state index contributed by atoms with van der Waals surface area (Å²) in [7, 11) is 0. The molecular formula is C16H20FN3O4. The maximum Gasteiger partial charge on any atom is 0.326 e.